The summed E-state index contributed by atoms with van der Waals surface area (Å²) in [4.78, 5) is 10.4. The molecule has 0 bridgehead atoms. The molecule has 3 N–H and O–H groups in total. The van der Waals surface area contributed by atoms with Crippen molar-refractivity contribution in [2.24, 2.45) is 0 Å². The quantitative estimate of drug-likeness (QED) is 0.549. The molecule has 0 aromatic heterocycles. The van der Waals surface area contributed by atoms with Crippen LogP contribution < -0.4 is 14.9 Å². The highest BCUT2D eigenvalue weighted by Gasteiger charge is 2.37. The highest BCUT2D eigenvalue weighted by atomic mass is 28.4. The van der Waals surface area contributed by atoms with E-state index >= 15 is 0 Å². The number of hydrogen-bond donors (Lipinski definition) is 3. The third-order valence-electron chi connectivity index (χ3n) is 1.76. The third-order valence-corrected chi connectivity index (χ3v) is 5.27. The topological polar surface area (TPSA) is 45.3 Å². The van der Waals surface area contributed by atoms with Gasteiger partial charge in [-0.3, -0.25) is 14.9 Å². The Labute approximate surface area is 95.5 Å². The lowest BCUT2D eigenvalue weighted by molar-refractivity contribution is 0.200. The van der Waals surface area contributed by atoms with Gasteiger partial charge in [0.1, 0.15) is 0 Å². The smallest absolute Gasteiger partial charge is 0.378 e. The van der Waals surface area contributed by atoms with Crippen LogP contribution in [-0.4, -0.2) is 34.0 Å². The van der Waals surface area contributed by atoms with Crippen molar-refractivity contribution in [3.63, 3.8) is 0 Å². The third kappa shape index (κ3) is 6.27. The van der Waals surface area contributed by atoms with Crippen LogP contribution in [0.4, 0.5) is 0 Å². The summed E-state index contributed by atoms with van der Waals surface area (Å²) in [6.07, 6.45) is 0.223. The first-order valence-corrected chi connectivity index (χ1v) is 7.82. The van der Waals surface area contributed by atoms with Crippen LogP contribution in [0.3, 0.4) is 0 Å². The van der Waals surface area contributed by atoms with Gasteiger partial charge in [-0.05, 0) is 33.0 Å². The van der Waals surface area contributed by atoms with Gasteiger partial charge in [-0.1, -0.05) is 27.7 Å². The van der Waals surface area contributed by atoms with E-state index in [9.17, 15) is 0 Å². The van der Waals surface area contributed by atoms with Crippen LogP contribution in [0.15, 0.2) is 0 Å². The summed E-state index contributed by atoms with van der Waals surface area (Å²) in [6, 6.07) is 0.411. The van der Waals surface area contributed by atoms with Crippen molar-refractivity contribution in [1.29, 1.82) is 0 Å². The summed E-state index contributed by atoms with van der Waals surface area (Å²) in [5.41, 5.74) is 0. The Morgan fingerprint density at radius 2 is 1.47 bits per heavy atom. The van der Waals surface area contributed by atoms with E-state index in [2.05, 4.69) is 56.5 Å². The Bertz CT molecular complexity index is 147. The summed E-state index contributed by atoms with van der Waals surface area (Å²) in [5.74, 6) is 0. The van der Waals surface area contributed by atoms with Gasteiger partial charge in [-0.15, -0.1) is 0 Å². The maximum Gasteiger partial charge on any atom is 0.440 e. The molecule has 0 aliphatic heterocycles. The van der Waals surface area contributed by atoms with E-state index in [0.29, 0.717) is 6.04 Å². The highest BCUT2D eigenvalue weighted by Crippen LogP contribution is 2.00. The molecule has 0 saturated heterocycles. The molecule has 0 atom stereocenters. The first kappa shape index (κ1) is 15.1. The molecule has 0 rings (SSSR count). The second kappa shape index (κ2) is 7.35. The van der Waals surface area contributed by atoms with E-state index in [1.165, 1.54) is 0 Å². The van der Waals surface area contributed by atoms with Gasteiger partial charge in [0.2, 0.25) is 0 Å². The van der Waals surface area contributed by atoms with Crippen LogP contribution in [0, 0.1) is 0 Å². The predicted molar refractivity (Wildman–Crippen MR) is 67.6 cm³/mol. The Balaban J connectivity index is 4.55. The number of rotatable bonds is 8. The zero-order valence-electron chi connectivity index (χ0n) is 11.0. The molecule has 0 saturated carbocycles. The molecule has 0 aromatic rings. The zero-order valence-corrected chi connectivity index (χ0v) is 12.0. The average Bonchev–Trinajstić information content (AvgIpc) is 2.01. The molecule has 0 unspecified atom stereocenters. The minimum absolute atomic E-state index is 0.223. The molecule has 0 radical (unpaired) electrons. The lowest BCUT2D eigenvalue weighted by Gasteiger charge is -2.35. The molecule has 15 heavy (non-hydrogen) atoms. The normalized spacial score (nSPS) is 12.8. The summed E-state index contributed by atoms with van der Waals surface area (Å²) < 4.78 is 6.04. The van der Waals surface area contributed by atoms with E-state index in [4.69, 9.17) is 4.43 Å². The molecule has 4 nitrogen and oxygen atoms in total. The van der Waals surface area contributed by atoms with E-state index in [-0.39, 0.29) is 6.10 Å². The second-order valence-corrected chi connectivity index (χ2v) is 6.80. The lowest BCUT2D eigenvalue weighted by atomic mass is 10.4. The maximum absolute atomic E-state index is 6.04. The molecule has 0 aliphatic carbocycles. The molecular formula is C10H27N3OSi. The van der Waals surface area contributed by atoms with Gasteiger partial charge in [-0.25, -0.2) is 0 Å². The van der Waals surface area contributed by atoms with Crippen molar-refractivity contribution in [3.05, 3.63) is 0 Å². The van der Waals surface area contributed by atoms with E-state index in [1.807, 2.05) is 0 Å². The van der Waals surface area contributed by atoms with Crippen molar-refractivity contribution < 1.29 is 4.43 Å². The monoisotopic (exact) mass is 233 g/mol. The van der Waals surface area contributed by atoms with Crippen LogP contribution in [0.5, 0.6) is 0 Å². The fraction of sp³-hybridized carbons (Fsp3) is 1.00. The van der Waals surface area contributed by atoms with Gasteiger partial charge < -0.3 is 4.43 Å². The fourth-order valence-corrected chi connectivity index (χ4v) is 4.62. The van der Waals surface area contributed by atoms with Crippen molar-refractivity contribution in [1.82, 2.24) is 14.9 Å². The first-order chi connectivity index (χ1) is 6.95. The van der Waals surface area contributed by atoms with Crippen molar-refractivity contribution in [2.45, 2.75) is 53.7 Å². The molecular weight excluding hydrogens is 206 g/mol. The standard InChI is InChI=1S/C10H27N3OSi/c1-7-11-15(12-8-2,13-9(3)4)14-10(5)6/h9-13H,7-8H2,1-6H3. The van der Waals surface area contributed by atoms with Gasteiger partial charge in [0.15, 0.2) is 0 Å². The lowest BCUT2D eigenvalue weighted by Crippen LogP contribution is -2.76. The first-order valence-electron chi connectivity index (χ1n) is 5.91. The Hall–Kier alpha value is 0.0569. The second-order valence-electron chi connectivity index (χ2n) is 4.21. The van der Waals surface area contributed by atoms with Crippen molar-refractivity contribution in [3.8, 4) is 0 Å². The Morgan fingerprint density at radius 1 is 1.00 bits per heavy atom. The highest BCUT2D eigenvalue weighted by molar-refractivity contribution is 6.66. The predicted octanol–water partition coefficient (Wildman–Crippen LogP) is 1.06. The maximum atomic E-state index is 6.04. The molecule has 5 heteroatoms. The van der Waals surface area contributed by atoms with E-state index < -0.39 is 8.80 Å². The van der Waals surface area contributed by atoms with Gasteiger partial charge in [0, 0.05) is 6.10 Å². The molecule has 0 spiro atoms. The number of nitrogens with one attached hydrogen (secondary N) is 3. The van der Waals surface area contributed by atoms with E-state index in [0.717, 1.165) is 13.1 Å². The Kier molecular flexibility index (Phi) is 7.38. The summed E-state index contributed by atoms with van der Waals surface area (Å²) in [6.45, 7) is 14.4. The van der Waals surface area contributed by atoms with Crippen LogP contribution in [0.2, 0.25) is 0 Å². The largest absolute Gasteiger partial charge is 0.440 e. The van der Waals surface area contributed by atoms with Crippen LogP contribution in [0.1, 0.15) is 41.5 Å². The zero-order chi connectivity index (χ0) is 11.9. The summed E-state index contributed by atoms with van der Waals surface area (Å²) in [7, 11) is -2.17. The minimum Gasteiger partial charge on any atom is -0.378 e. The Morgan fingerprint density at radius 3 is 1.73 bits per heavy atom. The minimum atomic E-state index is -2.17. The molecule has 0 fully saturated rings. The van der Waals surface area contributed by atoms with Gasteiger partial charge in [0.05, 0.1) is 0 Å². The van der Waals surface area contributed by atoms with Gasteiger partial charge >= 0.3 is 8.80 Å². The van der Waals surface area contributed by atoms with Crippen LogP contribution in [-0.2, 0) is 4.43 Å². The van der Waals surface area contributed by atoms with Crippen molar-refractivity contribution in [2.75, 3.05) is 13.1 Å². The van der Waals surface area contributed by atoms with Crippen LogP contribution in [0.25, 0.3) is 0 Å². The van der Waals surface area contributed by atoms with Gasteiger partial charge in [-0.2, -0.15) is 0 Å². The summed E-state index contributed by atoms with van der Waals surface area (Å²) >= 11 is 0. The summed E-state index contributed by atoms with van der Waals surface area (Å²) in [5, 5.41) is 0. The van der Waals surface area contributed by atoms with Gasteiger partial charge in [0.25, 0.3) is 0 Å². The van der Waals surface area contributed by atoms with E-state index in [1.54, 1.807) is 0 Å². The molecule has 92 valence electrons. The molecule has 0 amide bonds. The molecule has 0 aromatic carbocycles. The SMILES string of the molecule is CCN[Si](NCC)(NC(C)C)OC(C)C. The fourth-order valence-electron chi connectivity index (χ4n) is 1.54. The average molecular weight is 233 g/mol. The van der Waals surface area contributed by atoms with Crippen molar-refractivity contribution >= 4 is 8.80 Å². The molecule has 0 aliphatic rings. The molecule has 0 heterocycles. The van der Waals surface area contributed by atoms with Crippen LogP contribution >= 0.6 is 0 Å². The number of hydrogen-bond acceptors (Lipinski definition) is 4.